The molecule has 0 saturated carbocycles. The quantitative estimate of drug-likeness (QED) is 0.847. The van der Waals surface area contributed by atoms with Crippen LogP contribution >= 0.6 is 0 Å². The molecule has 0 spiro atoms. The highest BCUT2D eigenvalue weighted by molar-refractivity contribution is 7.92. The standard InChI is InChI=1S/C12H14N4O4S/c1-3-9-10(7-16(2)14-9)15-21(19,20)11-5-4-8(6-13-11)12(17)18/h4-7,15H,3H2,1-2H3,(H,17,18). The fraction of sp³-hybridized carbons (Fsp3) is 0.250. The van der Waals surface area contributed by atoms with Crippen LogP contribution in [0.1, 0.15) is 23.0 Å². The van der Waals surface area contributed by atoms with E-state index in [-0.39, 0.29) is 10.6 Å². The molecular weight excluding hydrogens is 296 g/mol. The van der Waals surface area contributed by atoms with Crippen LogP contribution in [0.25, 0.3) is 0 Å². The fourth-order valence-electron chi connectivity index (χ4n) is 1.74. The zero-order valence-electron chi connectivity index (χ0n) is 11.4. The van der Waals surface area contributed by atoms with Crippen LogP contribution < -0.4 is 4.72 Å². The predicted molar refractivity (Wildman–Crippen MR) is 74.6 cm³/mol. The van der Waals surface area contributed by atoms with Crippen LogP contribution in [0.5, 0.6) is 0 Å². The third-order valence-corrected chi connectivity index (χ3v) is 4.02. The van der Waals surface area contributed by atoms with Gasteiger partial charge in [-0.2, -0.15) is 13.5 Å². The molecule has 21 heavy (non-hydrogen) atoms. The first-order valence-corrected chi connectivity index (χ1v) is 7.56. The number of nitrogens with zero attached hydrogens (tertiary/aromatic N) is 3. The number of aromatic nitrogens is 3. The normalized spacial score (nSPS) is 11.3. The van der Waals surface area contributed by atoms with Crippen molar-refractivity contribution >= 4 is 21.7 Å². The van der Waals surface area contributed by atoms with E-state index < -0.39 is 16.0 Å². The Hall–Kier alpha value is -2.42. The van der Waals surface area contributed by atoms with Crippen LogP contribution in [0.3, 0.4) is 0 Å². The van der Waals surface area contributed by atoms with Crippen LogP contribution in [0.15, 0.2) is 29.6 Å². The van der Waals surface area contributed by atoms with E-state index in [9.17, 15) is 13.2 Å². The Bertz CT molecular complexity index is 765. The first-order valence-electron chi connectivity index (χ1n) is 6.08. The maximum absolute atomic E-state index is 12.2. The van der Waals surface area contributed by atoms with E-state index in [0.717, 1.165) is 12.3 Å². The van der Waals surface area contributed by atoms with Gasteiger partial charge < -0.3 is 5.11 Å². The van der Waals surface area contributed by atoms with Crippen molar-refractivity contribution in [3.63, 3.8) is 0 Å². The number of carbonyl (C=O) groups is 1. The molecule has 2 aromatic rings. The Morgan fingerprint density at radius 3 is 2.67 bits per heavy atom. The molecule has 0 saturated heterocycles. The summed E-state index contributed by atoms with van der Waals surface area (Å²) in [5.74, 6) is -1.17. The third kappa shape index (κ3) is 3.19. The van der Waals surface area contributed by atoms with Crippen molar-refractivity contribution in [2.75, 3.05) is 4.72 Å². The molecule has 2 heterocycles. The van der Waals surface area contributed by atoms with Crippen molar-refractivity contribution in [2.24, 2.45) is 7.05 Å². The van der Waals surface area contributed by atoms with E-state index in [1.54, 1.807) is 13.2 Å². The summed E-state index contributed by atoms with van der Waals surface area (Å²) in [6, 6.07) is 2.33. The molecule has 2 N–H and O–H groups in total. The SMILES string of the molecule is CCc1nn(C)cc1NS(=O)(=O)c1ccc(C(=O)O)cn1. The number of nitrogens with one attached hydrogen (secondary N) is 1. The zero-order valence-corrected chi connectivity index (χ0v) is 12.3. The molecule has 2 rings (SSSR count). The fourth-order valence-corrected chi connectivity index (χ4v) is 2.75. The lowest BCUT2D eigenvalue weighted by atomic mass is 10.3. The molecule has 0 radical (unpaired) electrons. The molecular formula is C12H14N4O4S. The molecule has 0 aliphatic rings. The average molecular weight is 310 g/mol. The van der Waals surface area contributed by atoms with E-state index in [1.165, 1.54) is 10.7 Å². The molecule has 112 valence electrons. The summed E-state index contributed by atoms with van der Waals surface area (Å²) in [6.45, 7) is 1.86. The Balaban J connectivity index is 2.31. The van der Waals surface area contributed by atoms with E-state index in [2.05, 4.69) is 14.8 Å². The van der Waals surface area contributed by atoms with Crippen molar-refractivity contribution in [2.45, 2.75) is 18.4 Å². The minimum Gasteiger partial charge on any atom is -0.478 e. The number of rotatable bonds is 5. The monoisotopic (exact) mass is 310 g/mol. The Kier molecular flexibility index (Phi) is 3.94. The third-order valence-electron chi connectivity index (χ3n) is 2.74. The van der Waals surface area contributed by atoms with Gasteiger partial charge >= 0.3 is 5.97 Å². The number of carboxylic acids is 1. The van der Waals surface area contributed by atoms with Gasteiger partial charge in [0.05, 0.1) is 16.9 Å². The molecule has 0 bridgehead atoms. The van der Waals surface area contributed by atoms with Gasteiger partial charge in [-0.15, -0.1) is 0 Å². The second-order valence-corrected chi connectivity index (χ2v) is 5.94. The number of carboxylic acid groups (broad SMARTS) is 1. The van der Waals surface area contributed by atoms with Crippen LogP contribution in [0, 0.1) is 0 Å². The summed E-state index contributed by atoms with van der Waals surface area (Å²) in [4.78, 5) is 14.4. The second kappa shape index (κ2) is 5.52. The molecule has 0 aromatic carbocycles. The van der Waals surface area contributed by atoms with Crippen LogP contribution in [0.2, 0.25) is 0 Å². The summed E-state index contributed by atoms with van der Waals surface area (Å²) in [7, 11) is -2.19. The van der Waals surface area contributed by atoms with Gasteiger partial charge in [0.1, 0.15) is 0 Å². The van der Waals surface area contributed by atoms with Crippen LogP contribution in [-0.2, 0) is 23.5 Å². The van der Waals surface area contributed by atoms with Crippen molar-refractivity contribution < 1.29 is 18.3 Å². The highest BCUT2D eigenvalue weighted by atomic mass is 32.2. The van der Waals surface area contributed by atoms with E-state index in [1.807, 2.05) is 6.92 Å². The first kappa shape index (κ1) is 15.0. The maximum Gasteiger partial charge on any atom is 0.337 e. The maximum atomic E-state index is 12.2. The van der Waals surface area contributed by atoms with Crippen molar-refractivity contribution in [1.82, 2.24) is 14.8 Å². The van der Waals surface area contributed by atoms with Crippen molar-refractivity contribution in [3.05, 3.63) is 35.8 Å². The van der Waals surface area contributed by atoms with E-state index in [4.69, 9.17) is 5.11 Å². The zero-order chi connectivity index (χ0) is 15.6. The number of aryl methyl sites for hydroxylation is 2. The molecule has 8 nitrogen and oxygen atoms in total. The highest BCUT2D eigenvalue weighted by Crippen LogP contribution is 2.18. The lowest BCUT2D eigenvalue weighted by molar-refractivity contribution is 0.0696. The summed E-state index contributed by atoms with van der Waals surface area (Å²) < 4.78 is 28.3. The van der Waals surface area contributed by atoms with Gasteiger partial charge in [-0.05, 0) is 18.6 Å². The first-order chi connectivity index (χ1) is 9.83. The summed E-state index contributed by atoms with van der Waals surface area (Å²) in [5, 5.41) is 12.7. The molecule has 0 unspecified atom stereocenters. The van der Waals surface area contributed by atoms with E-state index >= 15 is 0 Å². The number of hydrogen-bond donors (Lipinski definition) is 2. The number of aromatic carboxylic acids is 1. The molecule has 0 atom stereocenters. The molecule has 2 aromatic heterocycles. The van der Waals surface area contributed by atoms with E-state index in [0.29, 0.717) is 17.8 Å². The second-order valence-electron chi connectivity index (χ2n) is 4.31. The van der Waals surface area contributed by atoms with Gasteiger partial charge in [-0.1, -0.05) is 6.92 Å². The van der Waals surface area contributed by atoms with Crippen LogP contribution in [0.4, 0.5) is 5.69 Å². The number of anilines is 1. The van der Waals surface area contributed by atoms with Gasteiger partial charge in [0.25, 0.3) is 10.0 Å². The molecule has 9 heteroatoms. The minimum atomic E-state index is -3.88. The summed E-state index contributed by atoms with van der Waals surface area (Å²) in [6.07, 6.45) is 3.13. The van der Waals surface area contributed by atoms with Gasteiger partial charge in [0.15, 0.2) is 5.03 Å². The predicted octanol–water partition coefficient (Wildman–Crippen LogP) is 0.877. The number of pyridine rings is 1. The molecule has 0 fully saturated rings. The Morgan fingerprint density at radius 2 is 2.14 bits per heavy atom. The summed E-state index contributed by atoms with van der Waals surface area (Å²) in [5.41, 5.74) is 0.914. The lowest BCUT2D eigenvalue weighted by Crippen LogP contribution is -2.15. The Labute approximate surface area is 121 Å². The lowest BCUT2D eigenvalue weighted by Gasteiger charge is -2.06. The smallest absolute Gasteiger partial charge is 0.337 e. The van der Waals surface area contributed by atoms with Gasteiger partial charge in [-0.3, -0.25) is 9.40 Å². The van der Waals surface area contributed by atoms with Gasteiger partial charge in [-0.25, -0.2) is 9.78 Å². The molecule has 0 aliphatic heterocycles. The Morgan fingerprint density at radius 1 is 1.43 bits per heavy atom. The van der Waals surface area contributed by atoms with Gasteiger partial charge in [0, 0.05) is 19.4 Å². The minimum absolute atomic E-state index is 0.0791. The highest BCUT2D eigenvalue weighted by Gasteiger charge is 2.19. The van der Waals surface area contributed by atoms with Crippen LogP contribution in [-0.4, -0.2) is 34.3 Å². The average Bonchev–Trinajstić information content (AvgIpc) is 2.78. The van der Waals surface area contributed by atoms with Gasteiger partial charge in [0.2, 0.25) is 0 Å². The van der Waals surface area contributed by atoms with Crippen molar-refractivity contribution in [1.29, 1.82) is 0 Å². The summed E-state index contributed by atoms with van der Waals surface area (Å²) >= 11 is 0. The molecule has 0 aliphatic carbocycles. The molecule has 0 amide bonds. The largest absolute Gasteiger partial charge is 0.478 e. The number of hydrogen-bond acceptors (Lipinski definition) is 5. The van der Waals surface area contributed by atoms with Crippen molar-refractivity contribution in [3.8, 4) is 0 Å². The topological polar surface area (TPSA) is 114 Å². The number of sulfonamides is 1.